The molecular weight excluding hydrogens is 1390 g/mol. The average molecular weight is 1500 g/mol. The van der Waals surface area contributed by atoms with Crippen LogP contribution in [0.25, 0.3) is 0 Å². The van der Waals surface area contributed by atoms with E-state index in [1.807, 2.05) is 20.8 Å². The normalized spacial score (nSPS) is 18.5. The smallest absolute Gasteiger partial charge is 0.389 e. The van der Waals surface area contributed by atoms with Gasteiger partial charge >= 0.3 is 54.4 Å². The minimum atomic E-state index is -4.31. The Labute approximate surface area is 547 Å². The van der Waals surface area contributed by atoms with Crippen molar-refractivity contribution in [1.29, 1.82) is 0 Å². The maximum absolute atomic E-state index is 15.1. The summed E-state index contributed by atoms with van der Waals surface area (Å²) in [6.45, 7) is 17.5. The molecule has 23 nitrogen and oxygen atoms in total. The fourth-order valence-corrected chi connectivity index (χ4v) is 34.3. The molecule has 0 saturated heterocycles. The summed E-state index contributed by atoms with van der Waals surface area (Å²) in [5.41, 5.74) is 0. The van der Waals surface area contributed by atoms with Crippen LogP contribution in [-0.2, 0) is 105 Å². The molecule has 0 N–H and O–H groups in total. The van der Waals surface area contributed by atoms with E-state index in [4.69, 9.17) is 68.1 Å². The van der Waals surface area contributed by atoms with E-state index in [1.54, 1.807) is 145 Å². The third kappa shape index (κ3) is 44.2. The Morgan fingerprint density at radius 2 is 0.563 bits per heavy atom. The minimum absolute atomic E-state index is 0.000138. The monoisotopic (exact) mass is 1500 g/mol. The lowest BCUT2D eigenvalue weighted by Crippen LogP contribution is -2.19. The quantitative estimate of drug-likeness (QED) is 0.0404. The molecule has 87 heavy (non-hydrogen) atoms. The van der Waals surface area contributed by atoms with E-state index >= 15 is 4.57 Å². The van der Waals surface area contributed by atoms with Crippen molar-refractivity contribution in [2.75, 3.05) is 47.3 Å². The Bertz CT molecular complexity index is 2190. The van der Waals surface area contributed by atoms with Crippen molar-refractivity contribution in [2.45, 2.75) is 271 Å². The Kier molecular flexibility index (Phi) is 45.1. The highest BCUT2D eigenvalue weighted by atomic mass is 32.7. The topological polar surface area (TPSA) is 275 Å². The summed E-state index contributed by atoms with van der Waals surface area (Å²) in [6.07, 6.45) is -8.40. The van der Waals surface area contributed by atoms with Gasteiger partial charge in [0.25, 0.3) is 0 Å². The molecule has 0 fully saturated rings. The predicted molar refractivity (Wildman–Crippen MR) is 366 cm³/mol. The van der Waals surface area contributed by atoms with Gasteiger partial charge in [-0.2, -0.15) is 0 Å². The average Bonchev–Trinajstić information content (AvgIpc) is 3.54. The first-order chi connectivity index (χ1) is 39.8. The summed E-state index contributed by atoms with van der Waals surface area (Å²) in [5, 5.41) is 0. The fraction of sp³-hybridized carbons (Fsp3) is 0.980. The van der Waals surface area contributed by atoms with Crippen LogP contribution in [0.5, 0.6) is 0 Å². The van der Waals surface area contributed by atoms with Crippen molar-refractivity contribution in [3.8, 4) is 0 Å². The first-order valence-electron chi connectivity index (χ1n) is 29.6. The zero-order valence-corrected chi connectivity index (χ0v) is 67.1. The Balaban J connectivity index is 7.11. The zero-order valence-electron chi connectivity index (χ0n) is 55.9. The molecule has 11 atom stereocenters. The first kappa shape index (κ1) is 89.6. The number of ether oxygens (including phenoxy) is 1. The van der Waals surface area contributed by atoms with E-state index in [1.165, 1.54) is 0 Å². The van der Waals surface area contributed by atoms with Crippen molar-refractivity contribution < 1.29 is 105 Å². The van der Waals surface area contributed by atoms with Gasteiger partial charge in [-0.1, -0.05) is 13.8 Å². The standard InChI is InChI=1S/C51H109O23P7S6/c1-25-60-51(52)27-29-82-79(57,70-46(20)34-86-80(58,68-44(18)26-28-75(53,61-37(4)5)62-38(6)7)72-48(22)31-83-76(54,63-39(8)9)64-40(10)11)71-47(21)35-87-81(59,73-49(23)32-84-77(55,65-41(12)13)66-42(14)15)74-50(24)33-85-78(56,67-43(16)17)69-45(19)30-36(2)3/h36-50H,25-35H2,1-24H3. The van der Waals surface area contributed by atoms with Crippen LogP contribution in [0.15, 0.2) is 0 Å². The highest BCUT2D eigenvalue weighted by Crippen LogP contribution is 2.70. The van der Waals surface area contributed by atoms with E-state index in [0.29, 0.717) is 6.42 Å². The Morgan fingerprint density at radius 1 is 0.322 bits per heavy atom. The van der Waals surface area contributed by atoms with Crippen LogP contribution >= 0.6 is 117 Å². The molecule has 0 aromatic heterocycles. The van der Waals surface area contributed by atoms with Crippen LogP contribution in [-0.4, -0.2) is 139 Å². The molecule has 522 valence electrons. The van der Waals surface area contributed by atoms with Crippen molar-refractivity contribution in [3.63, 3.8) is 0 Å². The molecule has 0 aliphatic carbocycles. The summed E-state index contributed by atoms with van der Waals surface area (Å²) in [4.78, 5) is 12.5. The third-order valence-electron chi connectivity index (χ3n) is 9.42. The number of carbonyl (C=O) groups excluding carboxylic acids is 1. The van der Waals surface area contributed by atoms with Gasteiger partial charge in [0, 0.05) is 34.5 Å². The highest BCUT2D eigenvalue weighted by Gasteiger charge is 2.41. The lowest BCUT2D eigenvalue weighted by Gasteiger charge is -2.29. The van der Waals surface area contributed by atoms with Gasteiger partial charge in [0.15, 0.2) is 0 Å². The molecule has 0 radical (unpaired) electrons. The molecule has 0 amide bonds. The Morgan fingerprint density at radius 3 is 0.828 bits per heavy atom. The second-order valence-electron chi connectivity index (χ2n) is 22.8. The molecule has 0 aromatic carbocycles. The van der Waals surface area contributed by atoms with E-state index < -0.39 is 140 Å². The largest absolute Gasteiger partial charge is 0.466 e. The zero-order chi connectivity index (χ0) is 67.4. The summed E-state index contributed by atoms with van der Waals surface area (Å²) in [7, 11) is -3.63. The molecule has 0 aromatic rings. The van der Waals surface area contributed by atoms with E-state index in [0.717, 1.165) is 68.3 Å². The lowest BCUT2D eigenvalue weighted by molar-refractivity contribution is -0.142. The third-order valence-corrected chi connectivity index (χ3v) is 36.4. The molecule has 0 heterocycles. The molecule has 0 spiro atoms. The SMILES string of the molecule is CCOC(=O)CCSP(=O)(OC(C)CSP(=O)(OC(C)CCP(=O)(OC(C)C)OC(C)C)OC(C)CSP(=O)(OC(C)C)OC(C)C)OC(C)CSP(=O)(OC(C)CSP(=O)(OC(C)C)OC(C)C)OC(C)CSP(=O)(OC(C)C)OC(C)CC(C)C. The summed E-state index contributed by atoms with van der Waals surface area (Å²) in [6, 6.07) is 0. The molecule has 0 saturated carbocycles. The fourth-order valence-electron chi connectivity index (χ4n) is 6.83. The van der Waals surface area contributed by atoms with Crippen LogP contribution < -0.4 is 0 Å². The maximum Gasteiger partial charge on any atom is 0.389 e. The van der Waals surface area contributed by atoms with E-state index in [9.17, 15) is 32.2 Å². The van der Waals surface area contributed by atoms with Crippen LogP contribution in [0.3, 0.4) is 0 Å². The maximum atomic E-state index is 15.1. The van der Waals surface area contributed by atoms with Crippen molar-refractivity contribution in [1.82, 2.24) is 0 Å². The molecule has 0 aliphatic rings. The van der Waals surface area contributed by atoms with Crippen LogP contribution in [0.2, 0.25) is 0 Å². The minimum Gasteiger partial charge on any atom is -0.466 e. The van der Waals surface area contributed by atoms with Gasteiger partial charge in [-0.3, -0.25) is 63.6 Å². The number of rotatable bonds is 53. The molecule has 36 heteroatoms. The number of esters is 1. The summed E-state index contributed by atoms with van der Waals surface area (Å²) < 4.78 is 189. The van der Waals surface area contributed by atoms with Crippen LogP contribution in [0.1, 0.15) is 185 Å². The van der Waals surface area contributed by atoms with Crippen molar-refractivity contribution >= 4 is 123 Å². The number of carbonyl (C=O) groups is 1. The van der Waals surface area contributed by atoms with Gasteiger partial charge < -0.3 is 13.8 Å². The lowest BCUT2D eigenvalue weighted by atomic mass is 10.1. The highest BCUT2D eigenvalue weighted by molar-refractivity contribution is 8.57. The summed E-state index contributed by atoms with van der Waals surface area (Å²) in [5.74, 6) is -0.668. The molecular formula is C51H109O23P7S6. The Hall–Kier alpha value is 2.62. The van der Waals surface area contributed by atoms with Gasteiger partial charge in [-0.05, 0) is 239 Å². The molecule has 0 aliphatic heterocycles. The summed E-state index contributed by atoms with van der Waals surface area (Å²) >= 11 is 4.92. The molecule has 0 rings (SSSR count). The molecule has 0 bridgehead atoms. The predicted octanol–water partition coefficient (Wildman–Crippen LogP) is 20.4. The van der Waals surface area contributed by atoms with Gasteiger partial charge in [0.1, 0.15) is 0 Å². The second kappa shape index (κ2) is 43.8. The number of hydrogen-bond acceptors (Lipinski definition) is 29. The van der Waals surface area contributed by atoms with E-state index in [2.05, 4.69) is 0 Å². The van der Waals surface area contributed by atoms with Gasteiger partial charge in [-0.25, -0.2) is 27.4 Å². The van der Waals surface area contributed by atoms with E-state index in [-0.39, 0.29) is 66.0 Å². The first-order valence-corrected chi connectivity index (χ1v) is 50.1. The number of hydrogen-bond donors (Lipinski definition) is 0. The second-order valence-corrected chi connectivity index (χ2v) is 49.1. The van der Waals surface area contributed by atoms with Crippen molar-refractivity contribution in [2.24, 2.45) is 5.92 Å². The van der Waals surface area contributed by atoms with Crippen LogP contribution in [0, 0.1) is 5.92 Å². The van der Waals surface area contributed by atoms with Gasteiger partial charge in [0.05, 0.1) is 105 Å². The van der Waals surface area contributed by atoms with Crippen molar-refractivity contribution in [3.05, 3.63) is 0 Å². The van der Waals surface area contributed by atoms with Gasteiger partial charge in [0.2, 0.25) is 0 Å². The van der Waals surface area contributed by atoms with Crippen LogP contribution in [0.4, 0.5) is 0 Å². The molecule has 11 unspecified atom stereocenters. The van der Waals surface area contributed by atoms with Gasteiger partial charge in [-0.15, -0.1) is 0 Å².